The molecule has 0 unspecified atom stereocenters. The molecule has 30 heavy (non-hydrogen) atoms. The first-order valence-electron chi connectivity index (χ1n) is 10.3. The summed E-state index contributed by atoms with van der Waals surface area (Å²) in [4.78, 5) is 8.49. The molecule has 1 heterocycles. The van der Waals surface area contributed by atoms with Crippen molar-refractivity contribution in [3.05, 3.63) is 29.9 Å². The van der Waals surface area contributed by atoms with Crippen LogP contribution < -0.4 is 0 Å². The SMILES string of the molecule is COCCOCCOCCOCCOC[C@@]1(F)CC=C(c2nccc(CO)n2)CC1. The Labute approximate surface area is 177 Å². The van der Waals surface area contributed by atoms with Crippen molar-refractivity contribution in [1.29, 1.82) is 0 Å². The van der Waals surface area contributed by atoms with Crippen LogP contribution in [0.5, 0.6) is 0 Å². The minimum absolute atomic E-state index is 0.0347. The highest BCUT2D eigenvalue weighted by molar-refractivity contribution is 5.61. The molecule has 1 aliphatic rings. The number of allylic oxidation sites excluding steroid dienone is 2. The van der Waals surface area contributed by atoms with Gasteiger partial charge in [0.1, 0.15) is 5.67 Å². The van der Waals surface area contributed by atoms with Gasteiger partial charge < -0.3 is 28.8 Å². The van der Waals surface area contributed by atoms with E-state index in [-0.39, 0.29) is 19.6 Å². The monoisotopic (exact) mass is 428 g/mol. The average molecular weight is 429 g/mol. The van der Waals surface area contributed by atoms with E-state index in [4.69, 9.17) is 23.7 Å². The number of rotatable bonds is 16. The highest BCUT2D eigenvalue weighted by Crippen LogP contribution is 2.34. The van der Waals surface area contributed by atoms with E-state index in [0.717, 1.165) is 5.57 Å². The number of aliphatic hydroxyl groups excluding tert-OH is 1. The summed E-state index contributed by atoms with van der Waals surface area (Å²) in [7, 11) is 1.63. The maximum Gasteiger partial charge on any atom is 0.155 e. The van der Waals surface area contributed by atoms with E-state index in [1.807, 2.05) is 6.08 Å². The molecule has 1 aliphatic carbocycles. The number of methoxy groups -OCH3 is 1. The van der Waals surface area contributed by atoms with Gasteiger partial charge in [0.05, 0.1) is 71.8 Å². The fourth-order valence-corrected chi connectivity index (χ4v) is 2.90. The Morgan fingerprint density at radius 2 is 1.63 bits per heavy atom. The van der Waals surface area contributed by atoms with Gasteiger partial charge in [-0.3, -0.25) is 0 Å². The summed E-state index contributed by atoms with van der Waals surface area (Å²) in [5, 5.41) is 9.18. The summed E-state index contributed by atoms with van der Waals surface area (Å²) < 4.78 is 41.3. The fraction of sp³-hybridized carbons (Fsp3) is 0.714. The lowest BCUT2D eigenvalue weighted by Crippen LogP contribution is -2.32. The maximum absolute atomic E-state index is 14.9. The molecule has 0 amide bonds. The minimum atomic E-state index is -1.38. The topological polar surface area (TPSA) is 92.2 Å². The van der Waals surface area contributed by atoms with Crippen LogP contribution in [0.15, 0.2) is 18.3 Å². The molecule has 9 heteroatoms. The molecule has 0 radical (unpaired) electrons. The molecule has 1 aromatic heterocycles. The number of alkyl halides is 1. The number of hydrogen-bond donors (Lipinski definition) is 1. The highest BCUT2D eigenvalue weighted by atomic mass is 19.1. The summed E-state index contributed by atoms with van der Waals surface area (Å²) in [5.74, 6) is 0.557. The number of aromatic nitrogens is 2. The van der Waals surface area contributed by atoms with Crippen LogP contribution >= 0.6 is 0 Å². The second-order valence-corrected chi connectivity index (χ2v) is 7.00. The van der Waals surface area contributed by atoms with Crippen molar-refractivity contribution in [1.82, 2.24) is 9.97 Å². The normalized spacial score (nSPS) is 19.1. The average Bonchev–Trinajstić information content (AvgIpc) is 2.77. The molecule has 0 spiro atoms. The molecule has 0 aromatic carbocycles. The number of ether oxygens (including phenoxy) is 5. The zero-order chi connectivity index (χ0) is 21.5. The van der Waals surface area contributed by atoms with Gasteiger partial charge in [0.2, 0.25) is 0 Å². The Balaban J connectivity index is 1.51. The van der Waals surface area contributed by atoms with Gasteiger partial charge in [-0.05, 0) is 24.5 Å². The van der Waals surface area contributed by atoms with E-state index in [1.165, 1.54) is 0 Å². The summed E-state index contributed by atoms with van der Waals surface area (Å²) in [6, 6.07) is 1.66. The van der Waals surface area contributed by atoms with E-state index in [2.05, 4.69) is 9.97 Å². The van der Waals surface area contributed by atoms with Crippen LogP contribution in [-0.2, 0) is 30.3 Å². The molecule has 0 fully saturated rings. The minimum Gasteiger partial charge on any atom is -0.390 e. The van der Waals surface area contributed by atoms with Gasteiger partial charge in [0.15, 0.2) is 5.82 Å². The molecule has 2 rings (SSSR count). The van der Waals surface area contributed by atoms with Gasteiger partial charge in [-0.15, -0.1) is 0 Å². The Morgan fingerprint density at radius 3 is 2.20 bits per heavy atom. The maximum atomic E-state index is 14.9. The number of hydrogen-bond acceptors (Lipinski definition) is 8. The quantitative estimate of drug-likeness (QED) is 0.400. The van der Waals surface area contributed by atoms with Crippen molar-refractivity contribution in [3.63, 3.8) is 0 Å². The third-order valence-electron chi connectivity index (χ3n) is 4.63. The Morgan fingerprint density at radius 1 is 1.00 bits per heavy atom. The van der Waals surface area contributed by atoms with E-state index in [9.17, 15) is 9.50 Å². The van der Waals surface area contributed by atoms with Gasteiger partial charge in [0.25, 0.3) is 0 Å². The molecule has 1 N–H and O–H groups in total. The molecule has 170 valence electrons. The van der Waals surface area contributed by atoms with Crippen LogP contribution in [0.4, 0.5) is 4.39 Å². The summed E-state index contributed by atoms with van der Waals surface area (Å²) >= 11 is 0. The predicted molar refractivity (Wildman–Crippen MR) is 109 cm³/mol. The Bertz CT molecular complexity index is 633. The predicted octanol–water partition coefficient (Wildman–Crippen LogP) is 1.96. The second-order valence-electron chi connectivity index (χ2n) is 7.00. The van der Waals surface area contributed by atoms with Crippen molar-refractivity contribution < 1.29 is 33.2 Å². The van der Waals surface area contributed by atoms with E-state index in [0.29, 0.717) is 77.2 Å². The number of nitrogens with zero attached hydrogens (tertiary/aromatic N) is 2. The zero-order valence-electron chi connectivity index (χ0n) is 17.7. The van der Waals surface area contributed by atoms with Gasteiger partial charge in [-0.1, -0.05) is 6.08 Å². The molecular formula is C21H33FN2O6. The highest BCUT2D eigenvalue weighted by Gasteiger charge is 2.32. The third-order valence-corrected chi connectivity index (χ3v) is 4.63. The van der Waals surface area contributed by atoms with E-state index < -0.39 is 5.67 Å². The molecule has 0 bridgehead atoms. The Hall–Kier alpha value is -1.49. The van der Waals surface area contributed by atoms with Crippen LogP contribution in [0.2, 0.25) is 0 Å². The molecular weight excluding hydrogens is 395 g/mol. The first kappa shape index (κ1) is 24.8. The summed E-state index contributed by atoms with van der Waals surface area (Å²) in [5.41, 5.74) is 0.0810. The number of aliphatic hydroxyl groups is 1. The van der Waals surface area contributed by atoms with Crippen LogP contribution in [0.3, 0.4) is 0 Å². The van der Waals surface area contributed by atoms with Crippen LogP contribution in [0.25, 0.3) is 5.57 Å². The smallest absolute Gasteiger partial charge is 0.155 e. The lowest BCUT2D eigenvalue weighted by atomic mass is 9.87. The first-order chi connectivity index (χ1) is 14.7. The van der Waals surface area contributed by atoms with Crippen molar-refractivity contribution in [3.8, 4) is 0 Å². The van der Waals surface area contributed by atoms with E-state index >= 15 is 0 Å². The summed E-state index contributed by atoms with van der Waals surface area (Å²) in [6.07, 6.45) is 4.59. The largest absolute Gasteiger partial charge is 0.390 e. The fourth-order valence-electron chi connectivity index (χ4n) is 2.90. The lowest BCUT2D eigenvalue weighted by molar-refractivity contribution is -0.0294. The van der Waals surface area contributed by atoms with Gasteiger partial charge >= 0.3 is 0 Å². The van der Waals surface area contributed by atoms with E-state index in [1.54, 1.807) is 19.4 Å². The Kier molecular flexibility index (Phi) is 12.0. The lowest BCUT2D eigenvalue weighted by Gasteiger charge is -2.28. The molecule has 0 saturated heterocycles. The van der Waals surface area contributed by atoms with Gasteiger partial charge in [-0.2, -0.15) is 0 Å². The zero-order valence-corrected chi connectivity index (χ0v) is 17.7. The molecule has 1 atom stereocenters. The van der Waals surface area contributed by atoms with Crippen LogP contribution in [0, 0.1) is 0 Å². The molecule has 0 aliphatic heterocycles. The van der Waals surface area contributed by atoms with Crippen molar-refractivity contribution in [2.45, 2.75) is 31.5 Å². The van der Waals surface area contributed by atoms with Crippen molar-refractivity contribution >= 4 is 5.57 Å². The van der Waals surface area contributed by atoms with Gasteiger partial charge in [-0.25, -0.2) is 14.4 Å². The summed E-state index contributed by atoms with van der Waals surface area (Å²) in [6.45, 7) is 3.75. The van der Waals surface area contributed by atoms with Crippen molar-refractivity contribution in [2.24, 2.45) is 0 Å². The molecule has 1 aromatic rings. The van der Waals surface area contributed by atoms with Gasteiger partial charge in [0, 0.05) is 19.7 Å². The van der Waals surface area contributed by atoms with Crippen LogP contribution in [0.1, 0.15) is 30.8 Å². The molecule has 8 nitrogen and oxygen atoms in total. The number of halogens is 1. The van der Waals surface area contributed by atoms with Crippen LogP contribution in [-0.4, -0.2) is 87.3 Å². The third kappa shape index (κ3) is 9.55. The van der Waals surface area contributed by atoms with Crippen molar-refractivity contribution in [2.75, 3.05) is 66.6 Å². The first-order valence-corrected chi connectivity index (χ1v) is 10.3. The standard InChI is InChI=1S/C21H33FN2O6/c1-26-8-9-27-10-11-28-12-13-29-14-15-30-17-21(22)5-2-18(3-6-21)20-23-7-4-19(16-25)24-20/h2,4,7,25H,3,5-6,8-17H2,1H3/t21-/m1/s1. The molecule has 0 saturated carbocycles. The second kappa shape index (κ2) is 14.5.